The zero-order valence-corrected chi connectivity index (χ0v) is 14.6. The van der Waals surface area contributed by atoms with E-state index in [9.17, 15) is 9.59 Å². The fourth-order valence-corrected chi connectivity index (χ4v) is 6.14. The van der Waals surface area contributed by atoms with E-state index in [1.165, 1.54) is 32.1 Å². The summed E-state index contributed by atoms with van der Waals surface area (Å²) in [4.78, 5) is 23.8. The van der Waals surface area contributed by atoms with Crippen molar-refractivity contribution in [1.29, 1.82) is 0 Å². The van der Waals surface area contributed by atoms with Gasteiger partial charge in [0.15, 0.2) is 0 Å². The smallest absolute Gasteiger partial charge is 0.136 e. The molecule has 3 aliphatic carbocycles. The minimum Gasteiger partial charge on any atom is -0.300 e. The number of Topliss-reactive ketones (excluding diaryl/α,β-unsaturated/α-hetero) is 2. The summed E-state index contributed by atoms with van der Waals surface area (Å²) in [5, 5.41) is 0. The molecule has 0 aromatic heterocycles. The van der Waals surface area contributed by atoms with E-state index in [2.05, 4.69) is 13.8 Å². The van der Waals surface area contributed by atoms with Crippen LogP contribution >= 0.6 is 0 Å². The van der Waals surface area contributed by atoms with E-state index >= 15 is 0 Å². The Morgan fingerprint density at radius 1 is 1.23 bits per heavy atom. The molecule has 3 rings (SSSR count). The van der Waals surface area contributed by atoms with Crippen molar-refractivity contribution in [2.24, 2.45) is 35.0 Å². The van der Waals surface area contributed by atoms with Crippen molar-refractivity contribution in [1.82, 2.24) is 0 Å². The lowest BCUT2D eigenvalue weighted by atomic mass is 9.47. The van der Waals surface area contributed by atoms with Crippen molar-refractivity contribution in [3.8, 4) is 0 Å². The predicted octanol–water partition coefficient (Wildman–Crippen LogP) is 4.80. The summed E-state index contributed by atoms with van der Waals surface area (Å²) in [7, 11) is 0. The normalized spacial score (nSPS) is 45.0. The molecule has 22 heavy (non-hydrogen) atoms. The van der Waals surface area contributed by atoms with Crippen LogP contribution in [0.4, 0.5) is 0 Å². The third-order valence-corrected chi connectivity index (χ3v) is 7.45. The standard InChI is InChI=1S/C20H32O2/c1-13-10-11-20(3)15(12-13)5-7-16-17(6-4-14(2)21)19(22)9-8-18(16)20/h13,15-18H,4-12H2,1-3H3/t13-,15+,16+,17+,18+,20+/m0/s1. The monoisotopic (exact) mass is 304 g/mol. The van der Waals surface area contributed by atoms with Crippen LogP contribution in [0, 0.1) is 35.0 Å². The van der Waals surface area contributed by atoms with Gasteiger partial charge in [0.2, 0.25) is 0 Å². The van der Waals surface area contributed by atoms with Gasteiger partial charge in [-0.05, 0) is 74.5 Å². The van der Waals surface area contributed by atoms with Gasteiger partial charge in [-0.25, -0.2) is 0 Å². The molecular formula is C20H32O2. The lowest BCUT2D eigenvalue weighted by Crippen LogP contribution is -2.51. The average molecular weight is 304 g/mol. The first-order chi connectivity index (χ1) is 10.4. The molecule has 0 saturated heterocycles. The highest BCUT2D eigenvalue weighted by molar-refractivity contribution is 5.83. The van der Waals surface area contributed by atoms with Crippen molar-refractivity contribution in [2.75, 3.05) is 0 Å². The maximum absolute atomic E-state index is 12.5. The quantitative estimate of drug-likeness (QED) is 0.750. The highest BCUT2D eigenvalue weighted by Gasteiger charge is 2.53. The van der Waals surface area contributed by atoms with Crippen molar-refractivity contribution >= 4 is 11.6 Å². The molecule has 0 unspecified atom stereocenters. The van der Waals surface area contributed by atoms with E-state index in [0.29, 0.717) is 23.5 Å². The van der Waals surface area contributed by atoms with Crippen LogP contribution in [0.2, 0.25) is 0 Å². The van der Waals surface area contributed by atoms with Crippen molar-refractivity contribution < 1.29 is 9.59 Å². The van der Waals surface area contributed by atoms with E-state index in [1.54, 1.807) is 6.92 Å². The highest BCUT2D eigenvalue weighted by Crippen LogP contribution is 2.60. The van der Waals surface area contributed by atoms with Gasteiger partial charge in [0.1, 0.15) is 11.6 Å². The molecule has 2 nitrogen and oxygen atoms in total. The molecule has 0 aromatic carbocycles. The van der Waals surface area contributed by atoms with Gasteiger partial charge in [0.25, 0.3) is 0 Å². The summed E-state index contributed by atoms with van der Waals surface area (Å²) in [6.07, 6.45) is 9.94. The molecule has 3 aliphatic rings. The van der Waals surface area contributed by atoms with Crippen molar-refractivity contribution in [2.45, 2.75) is 78.6 Å². The number of hydrogen-bond acceptors (Lipinski definition) is 2. The van der Waals surface area contributed by atoms with Crippen LogP contribution in [0.3, 0.4) is 0 Å². The van der Waals surface area contributed by atoms with Gasteiger partial charge in [-0.3, -0.25) is 4.79 Å². The Kier molecular flexibility index (Phi) is 4.49. The molecule has 0 N–H and O–H groups in total. The van der Waals surface area contributed by atoms with E-state index in [-0.39, 0.29) is 11.7 Å². The van der Waals surface area contributed by atoms with Crippen LogP contribution in [0.15, 0.2) is 0 Å². The topological polar surface area (TPSA) is 34.1 Å². The molecule has 0 radical (unpaired) electrons. The fourth-order valence-electron chi connectivity index (χ4n) is 6.14. The van der Waals surface area contributed by atoms with Gasteiger partial charge < -0.3 is 4.79 Å². The average Bonchev–Trinajstić information content (AvgIpc) is 2.46. The number of hydrogen-bond donors (Lipinski definition) is 0. The number of fused-ring (bicyclic) bond motifs is 3. The minimum atomic E-state index is 0.180. The molecule has 124 valence electrons. The lowest BCUT2D eigenvalue weighted by Gasteiger charge is -2.58. The first kappa shape index (κ1) is 16.2. The first-order valence-electron chi connectivity index (χ1n) is 9.44. The highest BCUT2D eigenvalue weighted by atomic mass is 16.1. The van der Waals surface area contributed by atoms with Crippen LogP contribution in [-0.2, 0) is 9.59 Å². The molecule has 0 aliphatic heterocycles. The summed E-state index contributed by atoms with van der Waals surface area (Å²) in [5.74, 6) is 3.92. The summed E-state index contributed by atoms with van der Waals surface area (Å²) in [6, 6.07) is 0. The van der Waals surface area contributed by atoms with Crippen LogP contribution in [0.5, 0.6) is 0 Å². The second-order valence-electron chi connectivity index (χ2n) is 8.78. The van der Waals surface area contributed by atoms with Crippen molar-refractivity contribution in [3.63, 3.8) is 0 Å². The maximum Gasteiger partial charge on any atom is 0.136 e. The van der Waals surface area contributed by atoms with Gasteiger partial charge in [0, 0.05) is 18.8 Å². The zero-order valence-electron chi connectivity index (χ0n) is 14.6. The Hall–Kier alpha value is -0.660. The Morgan fingerprint density at radius 2 is 2.00 bits per heavy atom. The van der Waals surface area contributed by atoms with Gasteiger partial charge in [0.05, 0.1) is 0 Å². The lowest BCUT2D eigenvalue weighted by molar-refractivity contribution is -0.139. The third-order valence-electron chi connectivity index (χ3n) is 7.45. The summed E-state index contributed by atoms with van der Waals surface area (Å²) in [6.45, 7) is 6.59. The minimum absolute atomic E-state index is 0.180. The van der Waals surface area contributed by atoms with Gasteiger partial charge in [-0.2, -0.15) is 0 Å². The maximum atomic E-state index is 12.5. The molecule has 2 heteroatoms. The molecule has 0 heterocycles. The summed E-state index contributed by atoms with van der Waals surface area (Å²) >= 11 is 0. The Labute approximate surface area is 135 Å². The second kappa shape index (κ2) is 6.09. The molecule has 3 fully saturated rings. The number of ketones is 2. The predicted molar refractivity (Wildman–Crippen MR) is 88.5 cm³/mol. The van der Waals surface area contributed by atoms with Crippen LogP contribution in [-0.4, -0.2) is 11.6 Å². The molecule has 0 spiro atoms. The number of rotatable bonds is 3. The third kappa shape index (κ3) is 2.78. The Balaban J connectivity index is 1.79. The molecule has 0 amide bonds. The Morgan fingerprint density at radius 3 is 2.73 bits per heavy atom. The summed E-state index contributed by atoms with van der Waals surface area (Å²) in [5.41, 5.74) is 0.463. The number of carbonyl (C=O) groups is 2. The van der Waals surface area contributed by atoms with Crippen LogP contribution in [0.1, 0.15) is 78.6 Å². The molecule has 6 atom stereocenters. The second-order valence-corrected chi connectivity index (χ2v) is 8.78. The van der Waals surface area contributed by atoms with Crippen molar-refractivity contribution in [3.05, 3.63) is 0 Å². The first-order valence-corrected chi connectivity index (χ1v) is 9.44. The van der Waals surface area contributed by atoms with Crippen LogP contribution < -0.4 is 0 Å². The molecule has 3 saturated carbocycles. The zero-order chi connectivity index (χ0) is 15.9. The molecule has 0 aromatic rings. The number of carbonyl (C=O) groups excluding carboxylic acids is 2. The Bertz CT molecular complexity index is 455. The van der Waals surface area contributed by atoms with E-state index in [0.717, 1.165) is 37.0 Å². The SMILES string of the molecule is CC(=O)CC[C@H]1C(=O)CC[C@@H]2[C@@H]1CC[C@@H]1C[C@@H](C)CC[C@]12C. The van der Waals surface area contributed by atoms with E-state index in [1.807, 2.05) is 0 Å². The van der Waals surface area contributed by atoms with E-state index < -0.39 is 0 Å². The van der Waals surface area contributed by atoms with E-state index in [4.69, 9.17) is 0 Å². The van der Waals surface area contributed by atoms with Gasteiger partial charge in [-0.1, -0.05) is 20.3 Å². The largest absolute Gasteiger partial charge is 0.300 e. The molecule has 0 bridgehead atoms. The van der Waals surface area contributed by atoms with Gasteiger partial charge in [-0.15, -0.1) is 0 Å². The van der Waals surface area contributed by atoms with Crippen LogP contribution in [0.25, 0.3) is 0 Å². The summed E-state index contributed by atoms with van der Waals surface area (Å²) < 4.78 is 0. The molecular weight excluding hydrogens is 272 g/mol. The fraction of sp³-hybridized carbons (Fsp3) is 0.900. The van der Waals surface area contributed by atoms with Gasteiger partial charge >= 0.3 is 0 Å².